The summed E-state index contributed by atoms with van der Waals surface area (Å²) in [6.45, 7) is 4.09. The van der Waals surface area contributed by atoms with Gasteiger partial charge in [-0.3, -0.25) is 0 Å². The Hall–Kier alpha value is -1.13. The second-order valence-corrected chi connectivity index (χ2v) is 8.11. The largest absolute Gasteiger partial charge is 0.357 e. The molecule has 1 atom stereocenters. The molecule has 4 nitrogen and oxygen atoms in total. The van der Waals surface area contributed by atoms with E-state index in [1.54, 1.807) is 0 Å². The van der Waals surface area contributed by atoms with Gasteiger partial charge in [0.25, 0.3) is 0 Å². The zero-order valence-corrected chi connectivity index (χ0v) is 17.0. The van der Waals surface area contributed by atoms with Crippen molar-refractivity contribution in [2.75, 3.05) is 31.2 Å². The minimum absolute atomic E-state index is 0.0777. The molecule has 0 aliphatic carbocycles. The quantitative estimate of drug-likeness (QED) is 0.479. The van der Waals surface area contributed by atoms with E-state index in [4.69, 9.17) is 9.47 Å². The molecule has 3 heterocycles. The Kier molecular flexibility index (Phi) is 9.42. The van der Waals surface area contributed by atoms with Gasteiger partial charge in [0.05, 0.1) is 0 Å². The number of anilines is 1. The molecule has 3 rings (SSSR count). The normalized spacial score (nSPS) is 20.7. The summed E-state index contributed by atoms with van der Waals surface area (Å²) in [6.07, 6.45) is 18.5. The van der Waals surface area contributed by atoms with E-state index in [9.17, 15) is 0 Å². The summed E-state index contributed by atoms with van der Waals surface area (Å²) in [6, 6.07) is 4.51. The lowest BCUT2D eigenvalue weighted by Crippen LogP contribution is -2.30. The van der Waals surface area contributed by atoms with E-state index in [1.807, 2.05) is 6.20 Å². The number of hydrogen-bond acceptors (Lipinski definition) is 4. The van der Waals surface area contributed by atoms with Crippen molar-refractivity contribution in [1.82, 2.24) is 4.98 Å². The Morgan fingerprint density at radius 1 is 0.963 bits per heavy atom. The van der Waals surface area contributed by atoms with Gasteiger partial charge in [0.1, 0.15) is 5.82 Å². The van der Waals surface area contributed by atoms with Crippen molar-refractivity contribution in [2.24, 2.45) is 0 Å². The number of rotatable bonds is 11. The topological polar surface area (TPSA) is 34.6 Å². The van der Waals surface area contributed by atoms with Gasteiger partial charge in [-0.05, 0) is 75.5 Å². The highest BCUT2D eigenvalue weighted by Gasteiger charge is 2.13. The molecule has 2 aliphatic heterocycles. The molecule has 0 aromatic carbocycles. The van der Waals surface area contributed by atoms with Crippen molar-refractivity contribution in [1.29, 1.82) is 0 Å². The molecule has 2 aliphatic rings. The third kappa shape index (κ3) is 7.79. The molecule has 4 heteroatoms. The highest BCUT2D eigenvalue weighted by molar-refractivity contribution is 5.41. The number of nitrogens with zero attached hydrogens (tertiary/aromatic N) is 2. The molecular weight excluding hydrogens is 336 g/mol. The standard InChI is InChI=1S/C23H38N2O2/c1(2-4-10-18-26-23-13-7-11-19-27-23)3-6-12-21-14-15-24-22(20-21)25-16-8-5-9-17-25/h14-15,20,23H,1-13,16-19H2. The minimum atomic E-state index is 0.0777. The van der Waals surface area contributed by atoms with Crippen LogP contribution in [0.4, 0.5) is 5.82 Å². The van der Waals surface area contributed by atoms with Crippen LogP contribution in [0.5, 0.6) is 0 Å². The van der Waals surface area contributed by atoms with Crippen LogP contribution in [0.15, 0.2) is 18.3 Å². The predicted octanol–water partition coefficient (Wildman–Crippen LogP) is 5.50. The van der Waals surface area contributed by atoms with E-state index in [2.05, 4.69) is 22.0 Å². The maximum Gasteiger partial charge on any atom is 0.157 e. The van der Waals surface area contributed by atoms with Crippen molar-refractivity contribution in [3.63, 3.8) is 0 Å². The Balaban J connectivity index is 1.20. The number of piperidine rings is 1. The van der Waals surface area contributed by atoms with Crippen LogP contribution in [0.2, 0.25) is 0 Å². The third-order valence-corrected chi connectivity index (χ3v) is 5.79. The molecule has 0 saturated carbocycles. The summed E-state index contributed by atoms with van der Waals surface area (Å²) < 4.78 is 11.4. The maximum absolute atomic E-state index is 5.80. The average molecular weight is 375 g/mol. The van der Waals surface area contributed by atoms with Gasteiger partial charge in [-0.15, -0.1) is 0 Å². The Morgan fingerprint density at radius 2 is 1.78 bits per heavy atom. The third-order valence-electron chi connectivity index (χ3n) is 5.79. The fraction of sp³-hybridized carbons (Fsp3) is 0.783. The Bertz CT molecular complexity index is 511. The number of aryl methyl sites for hydroxylation is 1. The second kappa shape index (κ2) is 12.4. The van der Waals surface area contributed by atoms with Crippen LogP contribution in [0, 0.1) is 0 Å². The van der Waals surface area contributed by atoms with Gasteiger partial charge in [-0.25, -0.2) is 4.98 Å². The van der Waals surface area contributed by atoms with Crippen LogP contribution in [-0.2, 0) is 15.9 Å². The van der Waals surface area contributed by atoms with Gasteiger partial charge in [-0.2, -0.15) is 0 Å². The molecule has 0 radical (unpaired) electrons. The Labute approximate surface area is 165 Å². The van der Waals surface area contributed by atoms with Crippen molar-refractivity contribution < 1.29 is 9.47 Å². The number of hydrogen-bond donors (Lipinski definition) is 0. The summed E-state index contributed by atoms with van der Waals surface area (Å²) in [7, 11) is 0. The van der Waals surface area contributed by atoms with Crippen LogP contribution in [0.25, 0.3) is 0 Å². The van der Waals surface area contributed by atoms with Gasteiger partial charge in [-0.1, -0.05) is 25.7 Å². The summed E-state index contributed by atoms with van der Waals surface area (Å²) in [5, 5.41) is 0. The fourth-order valence-corrected chi connectivity index (χ4v) is 4.11. The number of aromatic nitrogens is 1. The lowest BCUT2D eigenvalue weighted by Gasteiger charge is -2.27. The lowest BCUT2D eigenvalue weighted by molar-refractivity contribution is -0.162. The molecule has 0 amide bonds. The number of unbranched alkanes of at least 4 members (excludes halogenated alkanes) is 5. The fourth-order valence-electron chi connectivity index (χ4n) is 4.11. The first-order chi connectivity index (χ1) is 13.4. The smallest absolute Gasteiger partial charge is 0.157 e. The summed E-state index contributed by atoms with van der Waals surface area (Å²) in [5.74, 6) is 1.19. The van der Waals surface area contributed by atoms with E-state index in [0.29, 0.717) is 0 Å². The first kappa shape index (κ1) is 20.6. The zero-order valence-electron chi connectivity index (χ0n) is 17.0. The van der Waals surface area contributed by atoms with E-state index >= 15 is 0 Å². The van der Waals surface area contributed by atoms with Crippen LogP contribution in [0.1, 0.15) is 82.6 Å². The zero-order chi connectivity index (χ0) is 18.6. The van der Waals surface area contributed by atoms with Gasteiger partial charge < -0.3 is 14.4 Å². The number of pyridine rings is 1. The highest BCUT2D eigenvalue weighted by Crippen LogP contribution is 2.20. The maximum atomic E-state index is 5.80. The molecule has 2 fully saturated rings. The first-order valence-corrected chi connectivity index (χ1v) is 11.3. The molecule has 27 heavy (non-hydrogen) atoms. The van der Waals surface area contributed by atoms with Crippen LogP contribution in [0.3, 0.4) is 0 Å². The van der Waals surface area contributed by atoms with E-state index in [-0.39, 0.29) is 6.29 Å². The summed E-state index contributed by atoms with van der Waals surface area (Å²) in [4.78, 5) is 7.04. The van der Waals surface area contributed by atoms with Gasteiger partial charge in [0.2, 0.25) is 0 Å². The number of ether oxygens (including phenoxy) is 2. The SMILES string of the molecule is c1cc(CCCCCCCCOC2CCCCO2)cc(N2CCCCC2)n1. The molecule has 1 aromatic rings. The van der Waals surface area contributed by atoms with E-state index in [1.165, 1.54) is 102 Å². The molecule has 152 valence electrons. The Morgan fingerprint density at radius 3 is 2.59 bits per heavy atom. The molecule has 2 saturated heterocycles. The van der Waals surface area contributed by atoms with Gasteiger partial charge >= 0.3 is 0 Å². The van der Waals surface area contributed by atoms with E-state index in [0.717, 1.165) is 19.6 Å². The van der Waals surface area contributed by atoms with Crippen LogP contribution < -0.4 is 4.90 Å². The first-order valence-electron chi connectivity index (χ1n) is 11.3. The van der Waals surface area contributed by atoms with Crippen molar-refractivity contribution in [2.45, 2.75) is 89.8 Å². The minimum Gasteiger partial charge on any atom is -0.357 e. The van der Waals surface area contributed by atoms with Crippen molar-refractivity contribution >= 4 is 5.82 Å². The van der Waals surface area contributed by atoms with Gasteiger partial charge in [0, 0.05) is 32.5 Å². The molecule has 0 spiro atoms. The summed E-state index contributed by atoms with van der Waals surface area (Å²) >= 11 is 0. The van der Waals surface area contributed by atoms with Crippen LogP contribution >= 0.6 is 0 Å². The average Bonchev–Trinajstić information content (AvgIpc) is 2.74. The lowest BCUT2D eigenvalue weighted by atomic mass is 10.1. The highest BCUT2D eigenvalue weighted by atomic mass is 16.7. The van der Waals surface area contributed by atoms with E-state index < -0.39 is 0 Å². The molecular formula is C23H38N2O2. The van der Waals surface area contributed by atoms with Crippen molar-refractivity contribution in [3.05, 3.63) is 23.9 Å². The summed E-state index contributed by atoms with van der Waals surface area (Å²) in [5.41, 5.74) is 1.45. The predicted molar refractivity (Wildman–Crippen MR) is 111 cm³/mol. The molecule has 1 unspecified atom stereocenters. The van der Waals surface area contributed by atoms with Crippen molar-refractivity contribution in [3.8, 4) is 0 Å². The molecule has 0 bridgehead atoms. The monoisotopic (exact) mass is 374 g/mol. The van der Waals surface area contributed by atoms with Gasteiger partial charge in [0.15, 0.2) is 6.29 Å². The van der Waals surface area contributed by atoms with Crippen LogP contribution in [-0.4, -0.2) is 37.6 Å². The second-order valence-electron chi connectivity index (χ2n) is 8.11. The molecule has 0 N–H and O–H groups in total. The molecule has 1 aromatic heterocycles.